The number of nitrogens with zero attached hydrogens (tertiary/aromatic N) is 2. The number of benzene rings is 12. The smallest absolute Gasteiger partial charge is 0.0713 e. The number of hydrogen-bond donors (Lipinski definition) is 0. The fourth-order valence-corrected chi connectivity index (χ4v) is 14.5. The lowest BCUT2D eigenvalue weighted by Crippen LogP contribution is -2.28. The van der Waals surface area contributed by atoms with E-state index in [1.54, 1.807) is 0 Å². The van der Waals surface area contributed by atoms with Crippen molar-refractivity contribution >= 4 is 65.2 Å². The minimum Gasteiger partial charge on any atom is -0.344 e. The summed E-state index contributed by atoms with van der Waals surface area (Å²) in [6, 6.07) is 91.9. The van der Waals surface area contributed by atoms with Crippen molar-refractivity contribution in [1.82, 2.24) is 9.13 Å². The highest BCUT2D eigenvalue weighted by molar-refractivity contribution is 6.27. The highest BCUT2D eigenvalue weighted by Crippen LogP contribution is 2.57. The van der Waals surface area contributed by atoms with Crippen LogP contribution >= 0.6 is 0 Å². The molecule has 0 fully saturated rings. The van der Waals surface area contributed by atoms with Crippen LogP contribution in [0.25, 0.3) is 121 Å². The molecule has 0 N–H and O–H groups in total. The Morgan fingerprint density at radius 2 is 0.789 bits per heavy atom. The van der Waals surface area contributed by atoms with Crippen LogP contribution in [0.5, 0.6) is 0 Å². The second-order valence-electron chi connectivity index (χ2n) is 22.0. The van der Waals surface area contributed by atoms with Crippen LogP contribution in [0.4, 0.5) is 0 Å². The van der Waals surface area contributed by atoms with Crippen LogP contribution in [0.15, 0.2) is 243 Å². The third-order valence-corrected chi connectivity index (χ3v) is 18.0. The Bertz CT molecular complexity index is 4750. The number of hydrogen-bond acceptors (Lipinski definition) is 0. The van der Waals surface area contributed by atoms with Crippen molar-refractivity contribution in [1.29, 1.82) is 0 Å². The molecule has 0 aliphatic heterocycles. The maximum atomic E-state index is 2.51. The van der Waals surface area contributed by atoms with Crippen molar-refractivity contribution in [3.8, 4) is 55.6 Å². The van der Waals surface area contributed by atoms with E-state index in [0.717, 1.165) is 0 Å². The molecule has 2 heteroatoms. The van der Waals surface area contributed by atoms with Crippen LogP contribution in [0, 0.1) is 0 Å². The summed E-state index contributed by atoms with van der Waals surface area (Å²) < 4.78 is 4.81. The van der Waals surface area contributed by atoms with E-state index in [0.29, 0.717) is 0 Å². The second-order valence-corrected chi connectivity index (χ2v) is 22.0. The zero-order valence-electron chi connectivity index (χ0n) is 43.0. The van der Waals surface area contributed by atoms with Crippen LogP contribution < -0.4 is 0 Å². The van der Waals surface area contributed by atoms with E-state index in [4.69, 9.17) is 0 Å². The molecular weight excluding hydrogens is 917 g/mol. The van der Waals surface area contributed by atoms with Gasteiger partial charge < -0.3 is 9.13 Å². The Balaban J connectivity index is 0.902. The molecule has 0 radical (unpaired) electrons. The van der Waals surface area contributed by atoms with Crippen LogP contribution in [0.3, 0.4) is 0 Å². The predicted molar refractivity (Wildman–Crippen MR) is 321 cm³/mol. The van der Waals surface area contributed by atoms with E-state index >= 15 is 0 Å². The van der Waals surface area contributed by atoms with Gasteiger partial charge in [0.2, 0.25) is 0 Å². The molecule has 2 nitrogen and oxygen atoms in total. The zero-order valence-corrected chi connectivity index (χ0v) is 43.0. The van der Waals surface area contributed by atoms with E-state index in [-0.39, 0.29) is 5.41 Å². The van der Waals surface area contributed by atoms with Crippen molar-refractivity contribution in [2.45, 2.75) is 24.7 Å². The van der Waals surface area contributed by atoms with Crippen LogP contribution in [0.1, 0.15) is 47.2 Å². The van der Waals surface area contributed by atoms with Crippen molar-refractivity contribution in [3.05, 3.63) is 276 Å². The summed E-state index contributed by atoms with van der Waals surface area (Å²) in [5.74, 6) is 0. The van der Waals surface area contributed by atoms with Gasteiger partial charge in [0.25, 0.3) is 0 Å². The lowest BCUT2D eigenvalue weighted by atomic mass is 9.67. The normalized spacial score (nSPS) is 14.0. The summed E-state index contributed by atoms with van der Waals surface area (Å²) in [5.41, 5.74) is 25.0. The minimum absolute atomic E-state index is 0.115. The summed E-state index contributed by atoms with van der Waals surface area (Å²) in [4.78, 5) is 0. The average molecular weight is 969 g/mol. The van der Waals surface area contributed by atoms with Crippen molar-refractivity contribution in [2.24, 2.45) is 14.1 Å². The van der Waals surface area contributed by atoms with Crippen LogP contribution in [-0.4, -0.2) is 9.13 Å². The molecule has 358 valence electrons. The lowest BCUT2D eigenvalue weighted by Gasteiger charge is -2.34. The lowest BCUT2D eigenvalue weighted by molar-refractivity contribution is 0.660. The molecule has 0 unspecified atom stereocenters. The summed E-state index contributed by atoms with van der Waals surface area (Å²) >= 11 is 0. The predicted octanol–water partition coefficient (Wildman–Crippen LogP) is 19.0. The summed E-state index contributed by atoms with van der Waals surface area (Å²) in [6.07, 6.45) is 0. The summed E-state index contributed by atoms with van der Waals surface area (Å²) in [7, 11) is 4.47. The molecule has 0 bridgehead atoms. The van der Waals surface area contributed by atoms with Gasteiger partial charge in [-0.2, -0.15) is 0 Å². The van der Waals surface area contributed by atoms with Gasteiger partial charge in [-0.05, 0) is 159 Å². The first kappa shape index (κ1) is 43.2. The quantitative estimate of drug-likeness (QED) is 0.163. The Hall–Kier alpha value is -9.24. The van der Waals surface area contributed by atoms with E-state index in [1.165, 1.54) is 154 Å². The first-order valence-electron chi connectivity index (χ1n) is 26.8. The van der Waals surface area contributed by atoms with Crippen molar-refractivity contribution in [2.75, 3.05) is 0 Å². The third kappa shape index (κ3) is 5.71. The van der Waals surface area contributed by atoms with Gasteiger partial charge in [-0.25, -0.2) is 0 Å². The number of aryl methyl sites for hydroxylation is 2. The first-order chi connectivity index (χ1) is 37.3. The Kier molecular flexibility index (Phi) is 8.89. The molecule has 0 saturated carbocycles. The molecule has 0 atom stereocenters. The molecule has 16 rings (SSSR count). The maximum Gasteiger partial charge on any atom is 0.0713 e. The van der Waals surface area contributed by atoms with E-state index in [1.807, 2.05) is 0 Å². The molecule has 14 aromatic rings. The molecule has 0 saturated heterocycles. The maximum absolute atomic E-state index is 2.51. The Labute approximate surface area is 442 Å². The van der Waals surface area contributed by atoms with Gasteiger partial charge in [0.15, 0.2) is 0 Å². The molecule has 0 amide bonds. The minimum atomic E-state index is -0.480. The highest BCUT2D eigenvalue weighted by Gasteiger charge is 2.46. The topological polar surface area (TPSA) is 9.86 Å². The van der Waals surface area contributed by atoms with Crippen molar-refractivity contribution in [3.63, 3.8) is 0 Å². The SMILES string of the molecule is Cn1c2cccc(-c3ccc4c(c3)C(c3ccccc3)(c3ccccc3)c3ccccc3-4)c2c2c3ccc(-c4cc(-c5ccc6c(c5)C(C)(C)c5ccccc5-6)c5c6c7ccccc7ccc6n(C)c5c4)cc3ccc21. The monoisotopic (exact) mass is 968 g/mol. The molecule has 76 heavy (non-hydrogen) atoms. The van der Waals surface area contributed by atoms with Crippen molar-refractivity contribution < 1.29 is 0 Å². The number of fused-ring (bicyclic) bond motifs is 16. The Morgan fingerprint density at radius 1 is 0.276 bits per heavy atom. The number of rotatable bonds is 5. The van der Waals surface area contributed by atoms with E-state index in [2.05, 4.69) is 280 Å². The fraction of sp³-hybridized carbons (Fsp3) is 0.0811. The first-order valence-corrected chi connectivity index (χ1v) is 26.8. The van der Waals surface area contributed by atoms with E-state index in [9.17, 15) is 0 Å². The average Bonchev–Trinajstić information content (AvgIpc) is 4.29. The summed E-state index contributed by atoms with van der Waals surface area (Å²) in [5, 5.41) is 10.2. The Morgan fingerprint density at radius 3 is 1.53 bits per heavy atom. The molecule has 2 aliphatic rings. The van der Waals surface area contributed by atoms with Crippen LogP contribution in [0.2, 0.25) is 0 Å². The zero-order chi connectivity index (χ0) is 50.6. The highest BCUT2D eigenvalue weighted by atomic mass is 14.9. The van der Waals surface area contributed by atoms with Gasteiger partial charge in [0, 0.05) is 57.6 Å². The molecule has 2 heterocycles. The third-order valence-electron chi connectivity index (χ3n) is 18.0. The standard InChI is InChI=1S/C74H52N2/c1-73(2)61-27-15-13-24-56(61)58-36-32-49(42-63(58)73)60-41-50(44-68-72(60)69-53-23-12-11-18-45(53)33-38-67(69)76(68)4)46-30-35-55-47(40-46)34-39-66-71(55)70-54(26-17-29-65(70)75(66)3)48-31-37-59-57-25-14-16-28-62(57)74(64(59)43-48,51-19-7-5-8-20-51)52-21-9-6-10-22-52/h5-44H,1-4H3. The number of aromatic nitrogens is 2. The van der Waals surface area contributed by atoms with E-state index < -0.39 is 5.41 Å². The second kappa shape index (κ2) is 15.6. The van der Waals surface area contributed by atoms with Gasteiger partial charge >= 0.3 is 0 Å². The summed E-state index contributed by atoms with van der Waals surface area (Å²) in [6.45, 7) is 4.77. The van der Waals surface area contributed by atoms with Gasteiger partial charge in [-0.1, -0.05) is 208 Å². The van der Waals surface area contributed by atoms with Gasteiger partial charge in [-0.15, -0.1) is 0 Å². The molecule has 2 aromatic heterocycles. The van der Waals surface area contributed by atoms with Gasteiger partial charge in [0.05, 0.1) is 10.9 Å². The largest absolute Gasteiger partial charge is 0.344 e. The molecule has 12 aromatic carbocycles. The molecule has 0 spiro atoms. The van der Waals surface area contributed by atoms with Crippen LogP contribution in [-0.2, 0) is 24.9 Å². The van der Waals surface area contributed by atoms with Gasteiger partial charge in [0.1, 0.15) is 0 Å². The van der Waals surface area contributed by atoms with Gasteiger partial charge in [-0.3, -0.25) is 0 Å². The molecule has 2 aliphatic carbocycles. The molecular formula is C74H52N2. The fourth-order valence-electron chi connectivity index (χ4n) is 14.5.